The molecule has 1 aliphatic rings. The molecule has 0 spiro atoms. The van der Waals surface area contributed by atoms with Crippen LogP contribution in [-0.4, -0.2) is 41.3 Å². The molecule has 2 aromatic carbocycles. The zero-order valence-corrected chi connectivity index (χ0v) is 15.6. The minimum atomic E-state index is -4.30. The smallest absolute Gasteiger partial charge is 0.416 e. The van der Waals surface area contributed by atoms with Crippen LogP contribution in [0.4, 0.5) is 19.0 Å². The lowest BCUT2D eigenvalue weighted by Gasteiger charge is -2.34. The molecule has 4 rings (SSSR count). The summed E-state index contributed by atoms with van der Waals surface area (Å²) in [5.74, 6) is 1.58. The van der Waals surface area contributed by atoms with Gasteiger partial charge in [0.2, 0.25) is 0 Å². The van der Waals surface area contributed by atoms with Crippen LogP contribution in [0.5, 0.6) is 5.75 Å². The number of aromatic nitrogens is 1. The first-order chi connectivity index (χ1) is 13.9. The van der Waals surface area contributed by atoms with Gasteiger partial charge in [-0.25, -0.2) is 0 Å². The lowest BCUT2D eigenvalue weighted by Crippen LogP contribution is -2.46. The minimum absolute atomic E-state index is 0.192. The van der Waals surface area contributed by atoms with Crippen LogP contribution < -0.4 is 4.90 Å². The molecule has 8 heteroatoms. The van der Waals surface area contributed by atoms with Crippen molar-refractivity contribution in [1.29, 1.82) is 0 Å². The number of hydrogen-bond donors (Lipinski definition) is 1. The van der Waals surface area contributed by atoms with Crippen molar-refractivity contribution in [2.24, 2.45) is 0 Å². The Kier molecular flexibility index (Phi) is 5.19. The lowest BCUT2D eigenvalue weighted by atomic mass is 10.1. The summed E-state index contributed by atoms with van der Waals surface area (Å²) in [6.45, 7) is 3.68. The molecule has 0 radical (unpaired) electrons. The average Bonchev–Trinajstić information content (AvgIpc) is 3.19. The molecule has 1 N–H and O–H groups in total. The predicted molar refractivity (Wildman–Crippen MR) is 103 cm³/mol. The van der Waals surface area contributed by atoms with Crippen molar-refractivity contribution in [1.82, 2.24) is 10.1 Å². The largest absolute Gasteiger partial charge is 0.508 e. The Morgan fingerprint density at radius 2 is 1.59 bits per heavy atom. The number of rotatable bonds is 4. The van der Waals surface area contributed by atoms with Gasteiger partial charge in [0, 0.05) is 44.4 Å². The lowest BCUT2D eigenvalue weighted by molar-refractivity contribution is -0.137. The van der Waals surface area contributed by atoms with Gasteiger partial charge in [0.05, 0.1) is 5.56 Å². The number of nitrogens with zero attached hydrogens (tertiary/aromatic N) is 3. The Labute approximate surface area is 166 Å². The van der Waals surface area contributed by atoms with Crippen molar-refractivity contribution in [3.05, 3.63) is 65.7 Å². The normalized spacial score (nSPS) is 15.6. The maximum atomic E-state index is 12.7. The first kappa shape index (κ1) is 19.3. The molecular weight excluding hydrogens is 383 g/mol. The molecule has 0 unspecified atom stereocenters. The molecule has 1 saturated heterocycles. The second kappa shape index (κ2) is 7.79. The van der Waals surface area contributed by atoms with Gasteiger partial charge in [-0.1, -0.05) is 17.3 Å². The highest BCUT2D eigenvalue weighted by Gasteiger charge is 2.30. The van der Waals surface area contributed by atoms with Crippen LogP contribution in [0.3, 0.4) is 0 Å². The predicted octanol–water partition coefficient (Wildman–Crippen LogP) is 4.39. The molecule has 0 aliphatic carbocycles. The summed E-state index contributed by atoms with van der Waals surface area (Å²) >= 11 is 0. The Morgan fingerprint density at radius 3 is 2.21 bits per heavy atom. The first-order valence-corrected chi connectivity index (χ1v) is 9.28. The van der Waals surface area contributed by atoms with E-state index in [-0.39, 0.29) is 5.75 Å². The number of anilines is 1. The van der Waals surface area contributed by atoms with Gasteiger partial charge in [-0.2, -0.15) is 13.2 Å². The third-order valence-corrected chi connectivity index (χ3v) is 5.03. The Balaban J connectivity index is 1.33. The van der Waals surface area contributed by atoms with Gasteiger partial charge in [0.15, 0.2) is 11.6 Å². The van der Waals surface area contributed by atoms with E-state index in [1.54, 1.807) is 24.3 Å². The van der Waals surface area contributed by atoms with Gasteiger partial charge >= 0.3 is 6.18 Å². The molecular formula is C21H20F3N3O2. The molecule has 0 atom stereocenters. The SMILES string of the molecule is Oc1ccc(-c2cc(N3CCN(Cc4ccc(C(F)(F)F)cc4)CC3)no2)cc1. The minimum Gasteiger partial charge on any atom is -0.508 e. The second-order valence-corrected chi connectivity index (χ2v) is 7.05. The summed E-state index contributed by atoms with van der Waals surface area (Å²) in [4.78, 5) is 4.33. The van der Waals surface area contributed by atoms with Crippen LogP contribution in [0.15, 0.2) is 59.1 Å². The van der Waals surface area contributed by atoms with E-state index in [1.807, 2.05) is 6.07 Å². The van der Waals surface area contributed by atoms with Gasteiger partial charge in [-0.05, 0) is 42.0 Å². The molecule has 29 heavy (non-hydrogen) atoms. The van der Waals surface area contributed by atoms with E-state index in [1.165, 1.54) is 12.1 Å². The van der Waals surface area contributed by atoms with Crippen LogP contribution in [0, 0.1) is 0 Å². The maximum absolute atomic E-state index is 12.7. The number of piperazine rings is 1. The Bertz CT molecular complexity index is 945. The number of benzene rings is 2. The first-order valence-electron chi connectivity index (χ1n) is 9.28. The second-order valence-electron chi connectivity index (χ2n) is 7.05. The fraction of sp³-hybridized carbons (Fsp3) is 0.286. The molecule has 152 valence electrons. The zero-order valence-electron chi connectivity index (χ0n) is 15.6. The number of phenols is 1. The van der Waals surface area contributed by atoms with Gasteiger partial charge in [0.25, 0.3) is 0 Å². The molecule has 0 saturated carbocycles. The van der Waals surface area contributed by atoms with Crippen molar-refractivity contribution in [3.8, 4) is 17.1 Å². The summed E-state index contributed by atoms with van der Waals surface area (Å²) in [7, 11) is 0. The molecule has 0 bridgehead atoms. The molecule has 0 amide bonds. The third kappa shape index (κ3) is 4.54. The van der Waals surface area contributed by atoms with Gasteiger partial charge in [-0.15, -0.1) is 0 Å². The van der Waals surface area contributed by atoms with Crippen molar-refractivity contribution in [2.75, 3.05) is 31.1 Å². The fourth-order valence-corrected chi connectivity index (χ4v) is 3.37. The molecule has 1 fully saturated rings. The maximum Gasteiger partial charge on any atom is 0.416 e. The van der Waals surface area contributed by atoms with E-state index in [0.717, 1.165) is 55.3 Å². The van der Waals surface area contributed by atoms with Crippen LogP contribution >= 0.6 is 0 Å². The number of alkyl halides is 3. The van der Waals surface area contributed by atoms with Gasteiger partial charge < -0.3 is 14.5 Å². The van der Waals surface area contributed by atoms with Crippen molar-refractivity contribution < 1.29 is 22.8 Å². The van der Waals surface area contributed by atoms with Crippen molar-refractivity contribution in [3.63, 3.8) is 0 Å². The van der Waals surface area contributed by atoms with E-state index in [0.29, 0.717) is 12.3 Å². The Hall–Kier alpha value is -3.00. The molecule has 1 aliphatic heterocycles. The average molecular weight is 403 g/mol. The summed E-state index contributed by atoms with van der Waals surface area (Å²) in [6, 6.07) is 13.9. The monoisotopic (exact) mass is 403 g/mol. The van der Waals surface area contributed by atoms with E-state index in [4.69, 9.17) is 4.52 Å². The molecule has 5 nitrogen and oxygen atoms in total. The molecule has 3 aromatic rings. The highest BCUT2D eigenvalue weighted by Crippen LogP contribution is 2.29. The topological polar surface area (TPSA) is 52.7 Å². The quantitative estimate of drug-likeness (QED) is 0.700. The van der Waals surface area contributed by atoms with E-state index in [9.17, 15) is 18.3 Å². The van der Waals surface area contributed by atoms with Crippen molar-refractivity contribution in [2.45, 2.75) is 12.7 Å². The van der Waals surface area contributed by atoms with E-state index >= 15 is 0 Å². The molecule has 2 heterocycles. The summed E-state index contributed by atoms with van der Waals surface area (Å²) in [5, 5.41) is 13.5. The van der Waals surface area contributed by atoms with E-state index < -0.39 is 11.7 Å². The number of hydrogen-bond acceptors (Lipinski definition) is 5. The summed E-state index contributed by atoms with van der Waals surface area (Å²) < 4.78 is 43.4. The number of aromatic hydroxyl groups is 1. The van der Waals surface area contributed by atoms with Crippen LogP contribution in [-0.2, 0) is 12.7 Å². The highest BCUT2D eigenvalue weighted by molar-refractivity contribution is 5.62. The van der Waals surface area contributed by atoms with E-state index in [2.05, 4.69) is 15.0 Å². The summed E-state index contributed by atoms with van der Waals surface area (Å²) in [5.41, 5.74) is 1.08. The molecule has 1 aromatic heterocycles. The highest BCUT2D eigenvalue weighted by atomic mass is 19.4. The van der Waals surface area contributed by atoms with Gasteiger partial charge in [0.1, 0.15) is 5.75 Å². The van der Waals surface area contributed by atoms with Gasteiger partial charge in [-0.3, -0.25) is 4.90 Å². The number of phenolic OH excluding ortho intramolecular Hbond substituents is 1. The van der Waals surface area contributed by atoms with Crippen molar-refractivity contribution >= 4 is 5.82 Å². The number of halogens is 3. The van der Waals surface area contributed by atoms with Crippen LogP contribution in [0.1, 0.15) is 11.1 Å². The fourth-order valence-electron chi connectivity index (χ4n) is 3.37. The van der Waals surface area contributed by atoms with Crippen LogP contribution in [0.25, 0.3) is 11.3 Å². The zero-order chi connectivity index (χ0) is 20.4. The third-order valence-electron chi connectivity index (χ3n) is 5.03. The Morgan fingerprint density at radius 1 is 0.931 bits per heavy atom. The standard InChI is InChI=1S/C21H20F3N3O2/c22-21(23,24)17-5-1-15(2-6-17)14-26-9-11-27(12-10-26)20-13-19(29-25-20)16-3-7-18(28)8-4-16/h1-8,13,28H,9-12,14H2. The summed E-state index contributed by atoms with van der Waals surface area (Å²) in [6.07, 6.45) is -4.30. The van der Waals surface area contributed by atoms with Crippen LogP contribution in [0.2, 0.25) is 0 Å².